The van der Waals surface area contributed by atoms with Gasteiger partial charge in [0, 0.05) is 6.42 Å². The fraction of sp³-hybridized carbons (Fsp3) is 1.00. The normalized spacial score (nSPS) is 19.4. The van der Waals surface area contributed by atoms with E-state index in [1.807, 2.05) is 0 Å². The summed E-state index contributed by atoms with van der Waals surface area (Å²) in [7, 11) is 0. The molecule has 4 heteroatoms. The van der Waals surface area contributed by atoms with Crippen LogP contribution >= 0.6 is 0 Å². The summed E-state index contributed by atoms with van der Waals surface area (Å²) >= 11 is 0. The molecule has 0 bridgehead atoms. The Kier molecular flexibility index (Phi) is 5.41. The first-order valence-electron chi connectivity index (χ1n) is 3.76. The van der Waals surface area contributed by atoms with E-state index in [1.165, 1.54) is 0 Å². The highest BCUT2D eigenvalue weighted by atomic mass is 16.3. The van der Waals surface area contributed by atoms with Crippen LogP contribution in [0, 0.1) is 0 Å². The molecule has 11 heavy (non-hydrogen) atoms. The van der Waals surface area contributed by atoms with Crippen LogP contribution < -0.4 is 0 Å². The number of aliphatic hydroxyl groups is 4. The molecule has 0 saturated heterocycles. The van der Waals surface area contributed by atoms with Crippen LogP contribution in [-0.4, -0.2) is 45.3 Å². The second-order valence-electron chi connectivity index (χ2n) is 2.62. The molecule has 68 valence electrons. The first-order valence-corrected chi connectivity index (χ1v) is 3.76. The van der Waals surface area contributed by atoms with Gasteiger partial charge in [0.05, 0.1) is 24.9 Å². The molecule has 0 aliphatic carbocycles. The minimum atomic E-state index is -0.942. The molecule has 4 nitrogen and oxygen atoms in total. The first kappa shape index (κ1) is 10.8. The Morgan fingerprint density at radius 3 is 2.00 bits per heavy atom. The fourth-order valence-corrected chi connectivity index (χ4v) is 0.782. The number of hydrogen-bond donors (Lipinski definition) is 4. The summed E-state index contributed by atoms with van der Waals surface area (Å²) in [6, 6.07) is 0. The van der Waals surface area contributed by atoms with Crippen molar-refractivity contribution in [2.75, 3.05) is 6.61 Å². The molecule has 0 aliphatic rings. The highest BCUT2D eigenvalue weighted by Gasteiger charge is 2.17. The van der Waals surface area contributed by atoms with Crippen molar-refractivity contribution in [3.8, 4) is 0 Å². The van der Waals surface area contributed by atoms with E-state index in [1.54, 1.807) is 6.92 Å². The Hall–Kier alpha value is -0.160. The molecule has 3 unspecified atom stereocenters. The molecule has 0 aromatic carbocycles. The highest BCUT2D eigenvalue weighted by Crippen LogP contribution is 2.05. The van der Waals surface area contributed by atoms with Crippen LogP contribution in [0.25, 0.3) is 0 Å². The van der Waals surface area contributed by atoms with Crippen molar-refractivity contribution in [1.29, 1.82) is 0 Å². The summed E-state index contributed by atoms with van der Waals surface area (Å²) in [6.45, 7) is 1.35. The fourth-order valence-electron chi connectivity index (χ4n) is 0.782. The predicted molar refractivity (Wildman–Crippen MR) is 40.0 cm³/mol. The second kappa shape index (κ2) is 5.49. The summed E-state index contributed by atoms with van der Waals surface area (Å²) in [5, 5.41) is 35.4. The third-order valence-electron chi connectivity index (χ3n) is 1.59. The van der Waals surface area contributed by atoms with E-state index in [0.717, 1.165) is 0 Å². The SMILES string of the molecule is CCC(O)C(O)CC(O)CO. The topological polar surface area (TPSA) is 80.9 Å². The summed E-state index contributed by atoms with van der Waals surface area (Å²) in [5.74, 6) is 0. The average Bonchev–Trinajstić information content (AvgIpc) is 2.02. The van der Waals surface area contributed by atoms with Gasteiger partial charge in [0.2, 0.25) is 0 Å². The van der Waals surface area contributed by atoms with E-state index in [0.29, 0.717) is 6.42 Å². The van der Waals surface area contributed by atoms with E-state index < -0.39 is 18.3 Å². The van der Waals surface area contributed by atoms with Crippen LogP contribution in [-0.2, 0) is 0 Å². The molecule has 0 saturated carbocycles. The van der Waals surface area contributed by atoms with Gasteiger partial charge in [-0.2, -0.15) is 0 Å². The van der Waals surface area contributed by atoms with Gasteiger partial charge in [-0.05, 0) is 6.42 Å². The maximum atomic E-state index is 9.10. The van der Waals surface area contributed by atoms with Gasteiger partial charge in [-0.25, -0.2) is 0 Å². The average molecular weight is 164 g/mol. The minimum absolute atomic E-state index is 0.0194. The number of hydrogen-bond acceptors (Lipinski definition) is 4. The lowest BCUT2D eigenvalue weighted by atomic mass is 10.1. The van der Waals surface area contributed by atoms with Gasteiger partial charge in [-0.1, -0.05) is 6.92 Å². The monoisotopic (exact) mass is 164 g/mol. The van der Waals surface area contributed by atoms with Crippen molar-refractivity contribution < 1.29 is 20.4 Å². The van der Waals surface area contributed by atoms with Crippen molar-refractivity contribution >= 4 is 0 Å². The van der Waals surface area contributed by atoms with Gasteiger partial charge in [-0.15, -0.1) is 0 Å². The van der Waals surface area contributed by atoms with Gasteiger partial charge in [0.15, 0.2) is 0 Å². The van der Waals surface area contributed by atoms with Gasteiger partial charge in [0.1, 0.15) is 0 Å². The minimum Gasteiger partial charge on any atom is -0.394 e. The smallest absolute Gasteiger partial charge is 0.0824 e. The summed E-state index contributed by atoms with van der Waals surface area (Å²) in [6.07, 6.45) is -2.23. The van der Waals surface area contributed by atoms with Gasteiger partial charge >= 0.3 is 0 Å². The van der Waals surface area contributed by atoms with Crippen molar-refractivity contribution in [3.63, 3.8) is 0 Å². The molecule has 3 atom stereocenters. The van der Waals surface area contributed by atoms with Gasteiger partial charge in [-0.3, -0.25) is 0 Å². The largest absolute Gasteiger partial charge is 0.394 e. The molecular weight excluding hydrogens is 148 g/mol. The van der Waals surface area contributed by atoms with Crippen molar-refractivity contribution in [1.82, 2.24) is 0 Å². The maximum Gasteiger partial charge on any atom is 0.0824 e. The zero-order valence-electron chi connectivity index (χ0n) is 6.64. The van der Waals surface area contributed by atoms with E-state index in [-0.39, 0.29) is 13.0 Å². The standard InChI is InChI=1S/C7H16O4/c1-2-6(10)7(11)3-5(9)4-8/h5-11H,2-4H2,1H3. The predicted octanol–water partition coefficient (Wildman–Crippen LogP) is -1.14. The zero-order chi connectivity index (χ0) is 8.85. The van der Waals surface area contributed by atoms with Crippen LogP contribution in [0.15, 0.2) is 0 Å². The molecular formula is C7H16O4. The molecule has 0 aliphatic heterocycles. The quantitative estimate of drug-likeness (QED) is 0.414. The molecule has 0 aromatic heterocycles. The molecule has 0 radical (unpaired) electrons. The van der Waals surface area contributed by atoms with Gasteiger partial charge < -0.3 is 20.4 Å². The Balaban J connectivity index is 3.58. The van der Waals surface area contributed by atoms with E-state index >= 15 is 0 Å². The Labute approximate surface area is 66.1 Å². The van der Waals surface area contributed by atoms with E-state index in [2.05, 4.69) is 0 Å². The zero-order valence-corrected chi connectivity index (χ0v) is 6.64. The highest BCUT2D eigenvalue weighted by molar-refractivity contribution is 4.69. The Morgan fingerprint density at radius 2 is 1.64 bits per heavy atom. The van der Waals surface area contributed by atoms with Crippen LogP contribution in [0.3, 0.4) is 0 Å². The lowest BCUT2D eigenvalue weighted by Crippen LogP contribution is -2.30. The van der Waals surface area contributed by atoms with Crippen molar-refractivity contribution in [2.45, 2.75) is 38.1 Å². The first-order chi connectivity index (χ1) is 5.11. The van der Waals surface area contributed by atoms with Crippen LogP contribution in [0.4, 0.5) is 0 Å². The Morgan fingerprint density at radius 1 is 1.09 bits per heavy atom. The molecule has 0 amide bonds. The maximum absolute atomic E-state index is 9.10. The molecule has 0 spiro atoms. The van der Waals surface area contributed by atoms with Crippen molar-refractivity contribution in [3.05, 3.63) is 0 Å². The van der Waals surface area contributed by atoms with Crippen LogP contribution in [0.5, 0.6) is 0 Å². The lowest BCUT2D eigenvalue weighted by molar-refractivity contribution is -0.0243. The summed E-state index contributed by atoms with van der Waals surface area (Å²) in [4.78, 5) is 0. The third kappa shape index (κ3) is 4.31. The van der Waals surface area contributed by atoms with Gasteiger partial charge in [0.25, 0.3) is 0 Å². The Bertz CT molecular complexity index is 96.4. The molecule has 0 rings (SSSR count). The second-order valence-corrected chi connectivity index (χ2v) is 2.62. The molecule has 0 aromatic rings. The van der Waals surface area contributed by atoms with Crippen LogP contribution in [0.1, 0.15) is 19.8 Å². The lowest BCUT2D eigenvalue weighted by Gasteiger charge is -2.17. The van der Waals surface area contributed by atoms with Crippen molar-refractivity contribution in [2.24, 2.45) is 0 Å². The number of rotatable bonds is 5. The van der Waals surface area contributed by atoms with E-state index in [9.17, 15) is 0 Å². The third-order valence-corrected chi connectivity index (χ3v) is 1.59. The molecule has 0 fully saturated rings. The summed E-state index contributed by atoms with van der Waals surface area (Å²) < 4.78 is 0. The number of aliphatic hydroxyl groups excluding tert-OH is 4. The van der Waals surface area contributed by atoms with E-state index in [4.69, 9.17) is 20.4 Å². The molecule has 0 heterocycles. The summed E-state index contributed by atoms with van der Waals surface area (Å²) in [5.41, 5.74) is 0. The molecule has 4 N–H and O–H groups in total. The van der Waals surface area contributed by atoms with Crippen LogP contribution in [0.2, 0.25) is 0 Å².